The zero-order chi connectivity index (χ0) is 13.7. The maximum Gasteiger partial charge on any atom is 0.410 e. The molecule has 2 heterocycles. The molecule has 2 aliphatic rings. The van der Waals surface area contributed by atoms with Crippen LogP contribution < -0.4 is 5.73 Å². The second kappa shape index (κ2) is 10.0. The van der Waals surface area contributed by atoms with Crippen molar-refractivity contribution >= 4 is 39.2 Å². The Morgan fingerprint density at radius 1 is 1.05 bits per heavy atom. The van der Waals surface area contributed by atoms with Crippen LogP contribution in [0.15, 0.2) is 0 Å². The summed E-state index contributed by atoms with van der Waals surface area (Å²) in [6, 6.07) is 0. The van der Waals surface area contributed by atoms with Gasteiger partial charge in [0.1, 0.15) is 12.2 Å². The van der Waals surface area contributed by atoms with Crippen LogP contribution in [0.25, 0.3) is 0 Å². The number of rotatable bonds is 2. The Kier molecular flexibility index (Phi) is 10.8. The highest BCUT2D eigenvalue weighted by atomic mass is 32.1. The number of nitrogens with zero attached hydrogens (tertiary/aromatic N) is 2. The standard InChI is InChI=1S/C6H11NO2.C5H10N2O2.2H2S/c1-3-5-4-7(2)6(8)9-5;1-7-3-4(2-6)9-5(7)8;;/h5H,3-4H2,1-2H3;4H,2-3,6H2,1H3;2*1H2/t5-;4-;;/m00../s1. The molecule has 0 aliphatic carbocycles. The second-order valence-corrected chi connectivity index (χ2v) is 4.42. The Labute approximate surface area is 133 Å². The third-order valence-electron chi connectivity index (χ3n) is 2.83. The lowest BCUT2D eigenvalue weighted by atomic mass is 10.3. The molecule has 2 fully saturated rings. The Bertz CT molecular complexity index is 290. The van der Waals surface area contributed by atoms with E-state index in [9.17, 15) is 9.59 Å². The van der Waals surface area contributed by atoms with Crippen molar-refractivity contribution in [2.45, 2.75) is 25.6 Å². The van der Waals surface area contributed by atoms with Gasteiger partial charge in [0.25, 0.3) is 0 Å². The molecule has 0 unspecified atom stereocenters. The predicted molar refractivity (Wildman–Crippen MR) is 85.9 cm³/mol. The van der Waals surface area contributed by atoms with E-state index in [-0.39, 0.29) is 51.4 Å². The highest BCUT2D eigenvalue weighted by molar-refractivity contribution is 7.59. The topological polar surface area (TPSA) is 85.1 Å². The van der Waals surface area contributed by atoms with E-state index in [1.165, 1.54) is 4.90 Å². The van der Waals surface area contributed by atoms with Crippen LogP contribution in [0.1, 0.15) is 13.3 Å². The van der Waals surface area contributed by atoms with Crippen LogP contribution in [0.4, 0.5) is 9.59 Å². The van der Waals surface area contributed by atoms with Crippen LogP contribution in [0.5, 0.6) is 0 Å². The van der Waals surface area contributed by atoms with Crippen molar-refractivity contribution in [1.82, 2.24) is 9.80 Å². The fraction of sp³-hybridized carbons (Fsp3) is 0.818. The minimum absolute atomic E-state index is 0. The number of hydrogen-bond donors (Lipinski definition) is 1. The third kappa shape index (κ3) is 6.10. The van der Waals surface area contributed by atoms with Crippen molar-refractivity contribution in [3.63, 3.8) is 0 Å². The Morgan fingerprint density at radius 2 is 1.45 bits per heavy atom. The van der Waals surface area contributed by atoms with Gasteiger partial charge in [0.2, 0.25) is 0 Å². The van der Waals surface area contributed by atoms with Gasteiger partial charge in [-0.2, -0.15) is 27.0 Å². The third-order valence-corrected chi connectivity index (χ3v) is 2.83. The normalized spacial score (nSPS) is 24.0. The minimum Gasteiger partial charge on any atom is -0.444 e. The van der Waals surface area contributed by atoms with Gasteiger partial charge in [-0.3, -0.25) is 0 Å². The summed E-state index contributed by atoms with van der Waals surface area (Å²) in [6.07, 6.45) is 0.480. The average molecular weight is 327 g/mol. The molecule has 0 bridgehead atoms. The van der Waals surface area contributed by atoms with E-state index in [0.29, 0.717) is 13.1 Å². The van der Waals surface area contributed by atoms with Crippen LogP contribution >= 0.6 is 27.0 Å². The number of carbonyl (C=O) groups excluding carboxylic acids is 2. The summed E-state index contributed by atoms with van der Waals surface area (Å²) in [6.45, 7) is 3.79. The fourth-order valence-electron chi connectivity index (χ4n) is 1.63. The molecule has 0 spiro atoms. The van der Waals surface area contributed by atoms with E-state index >= 15 is 0 Å². The maximum absolute atomic E-state index is 10.6. The van der Waals surface area contributed by atoms with E-state index < -0.39 is 0 Å². The van der Waals surface area contributed by atoms with Crippen molar-refractivity contribution in [2.24, 2.45) is 5.73 Å². The maximum atomic E-state index is 10.6. The number of hydrogen-bond acceptors (Lipinski definition) is 5. The zero-order valence-corrected chi connectivity index (χ0v) is 14.1. The molecule has 2 N–H and O–H groups in total. The van der Waals surface area contributed by atoms with E-state index in [2.05, 4.69) is 0 Å². The Morgan fingerprint density at radius 3 is 1.60 bits per heavy atom. The van der Waals surface area contributed by atoms with Crippen LogP contribution in [0, 0.1) is 0 Å². The average Bonchev–Trinajstić information content (AvgIpc) is 2.84. The molecule has 7 nitrogen and oxygen atoms in total. The van der Waals surface area contributed by atoms with Crippen LogP contribution in [0.2, 0.25) is 0 Å². The number of cyclic esters (lactones) is 2. The lowest BCUT2D eigenvalue weighted by Gasteiger charge is -2.01. The summed E-state index contributed by atoms with van der Waals surface area (Å²) in [5, 5.41) is 0. The van der Waals surface area contributed by atoms with Gasteiger partial charge < -0.3 is 25.0 Å². The predicted octanol–water partition coefficient (Wildman–Crippen LogP) is 0.468. The Balaban J connectivity index is 0. The van der Waals surface area contributed by atoms with E-state index in [4.69, 9.17) is 15.2 Å². The van der Waals surface area contributed by atoms with Crippen molar-refractivity contribution in [3.05, 3.63) is 0 Å². The molecule has 0 aromatic carbocycles. The van der Waals surface area contributed by atoms with Gasteiger partial charge >= 0.3 is 12.2 Å². The number of likely N-dealkylation sites (N-methyl/N-ethyl adjacent to an activating group) is 2. The number of ether oxygens (including phenoxy) is 2. The largest absolute Gasteiger partial charge is 0.444 e. The lowest BCUT2D eigenvalue weighted by Crippen LogP contribution is -2.24. The number of carbonyl (C=O) groups is 2. The molecule has 0 aromatic rings. The minimum atomic E-state index is -0.273. The molecule has 0 saturated carbocycles. The molecule has 2 aliphatic heterocycles. The number of nitrogens with two attached hydrogens (primary N) is 1. The van der Waals surface area contributed by atoms with Crippen molar-refractivity contribution in [3.8, 4) is 0 Å². The van der Waals surface area contributed by atoms with E-state index in [1.807, 2.05) is 6.92 Å². The zero-order valence-electron chi connectivity index (χ0n) is 12.1. The van der Waals surface area contributed by atoms with Gasteiger partial charge in [-0.15, -0.1) is 0 Å². The summed E-state index contributed by atoms with van der Waals surface area (Å²) in [7, 11) is 3.44. The fourth-order valence-corrected chi connectivity index (χ4v) is 1.63. The molecule has 2 amide bonds. The number of amides is 2. The quantitative estimate of drug-likeness (QED) is 0.797. The first-order valence-electron chi connectivity index (χ1n) is 6.01. The first kappa shape index (κ1) is 21.5. The van der Waals surface area contributed by atoms with Gasteiger partial charge in [0.05, 0.1) is 13.1 Å². The summed E-state index contributed by atoms with van der Waals surface area (Å²) < 4.78 is 9.69. The van der Waals surface area contributed by atoms with Crippen molar-refractivity contribution < 1.29 is 19.1 Å². The van der Waals surface area contributed by atoms with Gasteiger partial charge in [-0.25, -0.2) is 9.59 Å². The molecule has 2 rings (SSSR count). The van der Waals surface area contributed by atoms with Crippen LogP contribution in [0.3, 0.4) is 0 Å². The summed E-state index contributed by atoms with van der Waals surface area (Å²) >= 11 is 0. The molecule has 20 heavy (non-hydrogen) atoms. The molecular weight excluding hydrogens is 302 g/mol. The molecule has 9 heteroatoms. The highest BCUT2D eigenvalue weighted by Crippen LogP contribution is 2.10. The van der Waals surface area contributed by atoms with Gasteiger partial charge in [-0.1, -0.05) is 6.92 Å². The summed E-state index contributed by atoms with van der Waals surface area (Å²) in [4.78, 5) is 24.3. The van der Waals surface area contributed by atoms with E-state index in [0.717, 1.165) is 13.0 Å². The van der Waals surface area contributed by atoms with Gasteiger partial charge in [-0.05, 0) is 6.42 Å². The highest BCUT2D eigenvalue weighted by Gasteiger charge is 2.26. The molecule has 0 aromatic heterocycles. The van der Waals surface area contributed by atoms with Gasteiger partial charge in [0, 0.05) is 20.6 Å². The molecule has 0 radical (unpaired) electrons. The Hall–Kier alpha value is -0.800. The van der Waals surface area contributed by atoms with Crippen molar-refractivity contribution in [2.75, 3.05) is 33.7 Å². The SMILES string of the molecule is CC[C@H]1CN(C)C(=O)O1.CN1C[C@H](CN)OC1=O.S.S. The van der Waals surface area contributed by atoms with Crippen LogP contribution in [-0.2, 0) is 9.47 Å². The molecule has 2 saturated heterocycles. The lowest BCUT2D eigenvalue weighted by molar-refractivity contribution is 0.132. The molecular formula is C11H25N3O4S2. The molecule has 120 valence electrons. The van der Waals surface area contributed by atoms with Crippen LogP contribution in [-0.4, -0.2) is 67.9 Å². The summed E-state index contributed by atoms with van der Waals surface area (Å²) in [5.41, 5.74) is 5.25. The van der Waals surface area contributed by atoms with Gasteiger partial charge in [0.15, 0.2) is 0 Å². The summed E-state index contributed by atoms with van der Waals surface area (Å²) in [5.74, 6) is 0. The van der Waals surface area contributed by atoms with Crippen molar-refractivity contribution in [1.29, 1.82) is 0 Å². The first-order chi connectivity index (χ1) is 8.47. The first-order valence-corrected chi connectivity index (χ1v) is 6.01. The monoisotopic (exact) mass is 327 g/mol. The van der Waals surface area contributed by atoms with E-state index in [1.54, 1.807) is 19.0 Å². The molecule has 2 atom stereocenters. The second-order valence-electron chi connectivity index (χ2n) is 4.42. The smallest absolute Gasteiger partial charge is 0.410 e.